The minimum Gasteiger partial charge on any atom is -0.368 e. The topological polar surface area (TPSA) is 52.6 Å². The van der Waals surface area contributed by atoms with Gasteiger partial charge in [-0.25, -0.2) is 0 Å². The van der Waals surface area contributed by atoms with Gasteiger partial charge in [0.15, 0.2) is 0 Å². The number of carbonyl (C=O) groups excluding carboxylic acids is 1. The standard InChI is InChI=1S/C24H26ClF3N2O2/c25-19-8-4-7-18(15-19)23(32,24(26,27)28)21(31)30-13-10-22(11-14-30)9-12-29-16-20(22)17-5-2-1-3-6-17/h1-8,15,20,29,32H,9-14,16H2/t20-,23-/m0/s1. The first-order valence-electron chi connectivity index (χ1n) is 10.8. The molecule has 2 aliphatic heterocycles. The number of nitrogens with one attached hydrogen (secondary N) is 1. The number of carbonyl (C=O) groups is 1. The van der Waals surface area contributed by atoms with E-state index < -0.39 is 23.2 Å². The van der Waals surface area contributed by atoms with E-state index >= 15 is 0 Å². The highest BCUT2D eigenvalue weighted by Gasteiger charge is 2.62. The number of hydrogen-bond acceptors (Lipinski definition) is 3. The summed E-state index contributed by atoms with van der Waals surface area (Å²) in [6.07, 6.45) is -3.11. The zero-order valence-electron chi connectivity index (χ0n) is 17.5. The molecule has 1 spiro atoms. The first kappa shape index (κ1) is 23.1. The van der Waals surface area contributed by atoms with Crippen LogP contribution in [0.3, 0.4) is 0 Å². The van der Waals surface area contributed by atoms with Gasteiger partial charge in [-0.3, -0.25) is 4.79 Å². The zero-order valence-corrected chi connectivity index (χ0v) is 18.3. The lowest BCUT2D eigenvalue weighted by atomic mass is 9.62. The summed E-state index contributed by atoms with van der Waals surface area (Å²) in [7, 11) is 0. The molecule has 2 heterocycles. The van der Waals surface area contributed by atoms with Gasteiger partial charge in [0, 0.05) is 36.1 Å². The summed E-state index contributed by atoms with van der Waals surface area (Å²) in [6, 6.07) is 14.9. The van der Waals surface area contributed by atoms with Crippen molar-refractivity contribution in [3.63, 3.8) is 0 Å². The van der Waals surface area contributed by atoms with Gasteiger partial charge < -0.3 is 15.3 Å². The molecule has 0 saturated carbocycles. The van der Waals surface area contributed by atoms with Gasteiger partial charge in [-0.2, -0.15) is 13.2 Å². The highest BCUT2D eigenvalue weighted by atomic mass is 35.5. The Balaban J connectivity index is 1.58. The molecule has 4 nitrogen and oxygen atoms in total. The van der Waals surface area contributed by atoms with Crippen molar-refractivity contribution in [2.75, 3.05) is 26.2 Å². The quantitative estimate of drug-likeness (QED) is 0.701. The molecule has 0 aliphatic carbocycles. The van der Waals surface area contributed by atoms with E-state index in [1.54, 1.807) is 0 Å². The normalized spacial score (nSPS) is 23.0. The lowest BCUT2D eigenvalue weighted by Crippen LogP contribution is -2.59. The van der Waals surface area contributed by atoms with Gasteiger partial charge in [0.05, 0.1) is 0 Å². The van der Waals surface area contributed by atoms with Gasteiger partial charge in [0.2, 0.25) is 0 Å². The first-order chi connectivity index (χ1) is 15.2. The van der Waals surface area contributed by atoms with Crippen molar-refractivity contribution < 1.29 is 23.1 Å². The van der Waals surface area contributed by atoms with Crippen LogP contribution in [0.4, 0.5) is 13.2 Å². The highest BCUT2D eigenvalue weighted by Crippen LogP contribution is 2.49. The Morgan fingerprint density at radius 2 is 1.75 bits per heavy atom. The third-order valence-electron chi connectivity index (χ3n) is 7.10. The van der Waals surface area contributed by atoms with Crippen LogP contribution in [0.25, 0.3) is 0 Å². The van der Waals surface area contributed by atoms with Crippen molar-refractivity contribution >= 4 is 17.5 Å². The van der Waals surface area contributed by atoms with Crippen LogP contribution in [0.15, 0.2) is 54.6 Å². The smallest absolute Gasteiger partial charge is 0.368 e. The van der Waals surface area contributed by atoms with Crippen LogP contribution >= 0.6 is 11.6 Å². The number of alkyl halides is 3. The molecule has 2 saturated heterocycles. The van der Waals surface area contributed by atoms with Gasteiger partial charge in [-0.05, 0) is 48.9 Å². The van der Waals surface area contributed by atoms with Gasteiger partial charge in [-0.15, -0.1) is 0 Å². The molecular formula is C24H26ClF3N2O2. The third-order valence-corrected chi connectivity index (χ3v) is 7.33. The van der Waals surface area contributed by atoms with Gasteiger partial charge in [0.1, 0.15) is 0 Å². The van der Waals surface area contributed by atoms with E-state index in [4.69, 9.17) is 11.6 Å². The lowest BCUT2D eigenvalue weighted by molar-refractivity contribution is -0.262. The van der Waals surface area contributed by atoms with E-state index in [9.17, 15) is 23.1 Å². The summed E-state index contributed by atoms with van der Waals surface area (Å²) in [4.78, 5) is 14.3. The summed E-state index contributed by atoms with van der Waals surface area (Å²) in [6.45, 7) is 1.97. The first-order valence-corrected chi connectivity index (χ1v) is 11.2. The molecule has 2 aromatic carbocycles. The van der Waals surface area contributed by atoms with Gasteiger partial charge in [-0.1, -0.05) is 54.1 Å². The summed E-state index contributed by atoms with van der Waals surface area (Å²) < 4.78 is 42.0. The van der Waals surface area contributed by atoms with Crippen LogP contribution in [0, 0.1) is 5.41 Å². The average Bonchev–Trinajstić information content (AvgIpc) is 2.79. The number of benzene rings is 2. The third kappa shape index (κ3) is 4.02. The van der Waals surface area contributed by atoms with Gasteiger partial charge >= 0.3 is 6.18 Å². The molecule has 0 aromatic heterocycles. The van der Waals surface area contributed by atoms with Crippen LogP contribution < -0.4 is 5.32 Å². The van der Waals surface area contributed by atoms with E-state index in [-0.39, 0.29) is 29.4 Å². The van der Waals surface area contributed by atoms with Crippen molar-refractivity contribution in [3.05, 3.63) is 70.7 Å². The second-order valence-corrected chi connectivity index (χ2v) is 9.23. The Labute approximate surface area is 190 Å². The molecule has 2 fully saturated rings. The number of rotatable bonds is 3. The fourth-order valence-electron chi connectivity index (χ4n) is 5.24. The van der Waals surface area contributed by atoms with E-state index in [1.165, 1.54) is 17.7 Å². The van der Waals surface area contributed by atoms with Crippen molar-refractivity contribution in [1.29, 1.82) is 0 Å². The second kappa shape index (κ2) is 8.69. The minimum absolute atomic E-state index is 0.0241. The number of halogens is 4. The van der Waals surface area contributed by atoms with Crippen molar-refractivity contribution in [3.8, 4) is 0 Å². The highest BCUT2D eigenvalue weighted by molar-refractivity contribution is 6.30. The second-order valence-electron chi connectivity index (χ2n) is 8.79. The molecule has 0 radical (unpaired) electrons. The van der Waals surface area contributed by atoms with E-state index in [0.29, 0.717) is 12.8 Å². The maximum atomic E-state index is 14.0. The van der Waals surface area contributed by atoms with E-state index in [0.717, 1.165) is 36.5 Å². The Morgan fingerprint density at radius 1 is 1.06 bits per heavy atom. The van der Waals surface area contributed by atoms with Crippen LogP contribution in [-0.4, -0.2) is 48.3 Å². The van der Waals surface area contributed by atoms with Crippen LogP contribution in [0.1, 0.15) is 36.3 Å². The van der Waals surface area contributed by atoms with Gasteiger partial charge in [0.25, 0.3) is 11.5 Å². The maximum absolute atomic E-state index is 14.0. The predicted molar refractivity (Wildman–Crippen MR) is 116 cm³/mol. The Morgan fingerprint density at radius 3 is 2.38 bits per heavy atom. The number of piperidine rings is 2. The number of hydrogen-bond donors (Lipinski definition) is 2. The molecule has 172 valence electrons. The van der Waals surface area contributed by atoms with Crippen molar-refractivity contribution in [2.45, 2.75) is 37.0 Å². The van der Waals surface area contributed by atoms with Crippen LogP contribution in [-0.2, 0) is 10.4 Å². The Bertz CT molecular complexity index is 961. The van der Waals surface area contributed by atoms with Crippen molar-refractivity contribution in [1.82, 2.24) is 10.2 Å². The number of amides is 1. The van der Waals surface area contributed by atoms with Crippen molar-refractivity contribution in [2.24, 2.45) is 5.41 Å². The number of likely N-dealkylation sites (tertiary alicyclic amines) is 1. The monoisotopic (exact) mass is 466 g/mol. The molecule has 2 atom stereocenters. The molecule has 1 amide bonds. The predicted octanol–water partition coefficient (Wildman–Crippen LogP) is 4.48. The number of nitrogens with zero attached hydrogens (tertiary/aromatic N) is 1. The fourth-order valence-corrected chi connectivity index (χ4v) is 5.43. The summed E-state index contributed by atoms with van der Waals surface area (Å²) >= 11 is 5.85. The van der Waals surface area contributed by atoms with E-state index in [2.05, 4.69) is 17.4 Å². The molecule has 2 aromatic rings. The molecule has 32 heavy (non-hydrogen) atoms. The van der Waals surface area contributed by atoms with Crippen LogP contribution in [0.5, 0.6) is 0 Å². The Kier molecular flexibility index (Phi) is 6.27. The molecule has 0 bridgehead atoms. The summed E-state index contributed by atoms with van der Waals surface area (Å²) in [5.74, 6) is -1.11. The molecule has 2 aliphatic rings. The SMILES string of the molecule is O=C(N1CCC2(CCNC[C@H]2c2ccccc2)CC1)[C@@](O)(c1cccc(Cl)c1)C(F)(F)F. The molecular weight excluding hydrogens is 441 g/mol. The molecule has 4 rings (SSSR count). The Hall–Kier alpha value is -2.09. The fraction of sp³-hybridized carbons (Fsp3) is 0.458. The summed E-state index contributed by atoms with van der Waals surface area (Å²) in [5, 5.41) is 14.2. The zero-order chi connectivity index (χ0) is 23.0. The van der Waals surface area contributed by atoms with E-state index in [1.807, 2.05) is 18.2 Å². The minimum atomic E-state index is -5.18. The van der Waals surface area contributed by atoms with Crippen LogP contribution in [0.2, 0.25) is 5.02 Å². The molecule has 0 unspecified atom stereocenters. The average molecular weight is 467 g/mol. The number of aliphatic hydroxyl groups is 1. The molecule has 8 heteroatoms. The maximum Gasteiger partial charge on any atom is 0.430 e. The lowest BCUT2D eigenvalue weighted by Gasteiger charge is -2.50. The summed E-state index contributed by atoms with van der Waals surface area (Å²) in [5.41, 5.74) is -3.08. The largest absolute Gasteiger partial charge is 0.430 e. The molecule has 2 N–H and O–H groups in total.